The molecule has 5 rings (SSSR count). The van der Waals surface area contributed by atoms with Gasteiger partial charge in [-0.15, -0.1) is 0 Å². The largest absolute Gasteiger partial charge is 0.393 e. The van der Waals surface area contributed by atoms with Gasteiger partial charge in [0.05, 0.1) is 30.8 Å². The van der Waals surface area contributed by atoms with Gasteiger partial charge in [-0.1, -0.05) is 6.07 Å². The van der Waals surface area contributed by atoms with Crippen molar-refractivity contribution in [2.45, 2.75) is 55.7 Å². The Morgan fingerprint density at radius 2 is 2.08 bits per heavy atom. The molecule has 0 radical (unpaired) electrons. The van der Waals surface area contributed by atoms with Crippen molar-refractivity contribution in [1.82, 2.24) is 19.7 Å². The van der Waals surface area contributed by atoms with Crippen LogP contribution in [0.25, 0.3) is 11.0 Å². The third-order valence-electron chi connectivity index (χ3n) is 6.97. The molecule has 2 aliphatic rings. The van der Waals surface area contributed by atoms with Crippen molar-refractivity contribution in [3.05, 3.63) is 46.6 Å². The molecule has 3 heterocycles. The highest BCUT2D eigenvalue weighted by Gasteiger charge is 2.48. The molecule has 1 saturated heterocycles. The van der Waals surface area contributed by atoms with E-state index in [1.54, 1.807) is 6.07 Å². The lowest BCUT2D eigenvalue weighted by Crippen LogP contribution is -2.39. The Labute approximate surface area is 220 Å². The van der Waals surface area contributed by atoms with Crippen LogP contribution in [0.2, 0.25) is 5.28 Å². The van der Waals surface area contributed by atoms with Crippen molar-refractivity contribution in [3.63, 3.8) is 0 Å². The second-order valence-corrected chi connectivity index (χ2v) is 11.9. The van der Waals surface area contributed by atoms with Gasteiger partial charge in [-0.2, -0.15) is 15.1 Å². The van der Waals surface area contributed by atoms with Crippen LogP contribution in [0.1, 0.15) is 36.7 Å². The van der Waals surface area contributed by atoms with Crippen LogP contribution in [-0.4, -0.2) is 81.7 Å². The fourth-order valence-corrected chi connectivity index (χ4v) is 5.24. The van der Waals surface area contributed by atoms with E-state index in [2.05, 4.69) is 20.4 Å². The summed E-state index contributed by atoms with van der Waals surface area (Å²) in [5.74, 6) is 0.0589. The molecule has 0 saturated carbocycles. The zero-order valence-corrected chi connectivity index (χ0v) is 21.6. The summed E-state index contributed by atoms with van der Waals surface area (Å²) in [4.78, 5) is 27.4. The summed E-state index contributed by atoms with van der Waals surface area (Å²) < 4.78 is 37.5. The SMILES string of the molecule is CC(CO)(OCC1O[C@@H](n2ncc3c(N[C@@H]4CCc5cc(F)ccc54)nc(Cl)nc32)[C@H](O)[C@@H]1O)P(=O)(O)O. The standard InChI is InChI=1S/C22H26ClFN5O8P/c1-22(9-30,38(33,34)35)36-8-15-16(31)17(32)20(37-15)29-19-13(7-25-29)18(27-21(23)28-19)26-14-5-2-10-6-11(24)3-4-12(10)14/h3-4,6-7,14-17,20,30-32H,2,5,8-9H2,1H3,(H,26,27,28)(H2,33,34,35)/t14-,15?,16-,17-,20-,22?/m1/s1. The molecule has 13 nitrogen and oxygen atoms in total. The molecular formula is C22H26ClFN5O8P. The Morgan fingerprint density at radius 1 is 1.32 bits per heavy atom. The quantitative estimate of drug-likeness (QED) is 0.167. The Hall–Kier alpha value is -2.26. The number of rotatable bonds is 8. The number of nitrogens with one attached hydrogen (secondary N) is 1. The Morgan fingerprint density at radius 3 is 2.79 bits per heavy atom. The zero-order chi connectivity index (χ0) is 27.4. The van der Waals surface area contributed by atoms with Gasteiger partial charge < -0.3 is 39.9 Å². The maximum atomic E-state index is 13.6. The highest BCUT2D eigenvalue weighted by Crippen LogP contribution is 2.51. The first-order valence-corrected chi connectivity index (χ1v) is 13.7. The average Bonchev–Trinajstić information content (AvgIpc) is 3.53. The fourth-order valence-electron chi connectivity index (χ4n) is 4.65. The van der Waals surface area contributed by atoms with Crippen LogP contribution < -0.4 is 5.32 Å². The van der Waals surface area contributed by atoms with Gasteiger partial charge in [0.25, 0.3) is 0 Å². The first kappa shape index (κ1) is 27.3. The van der Waals surface area contributed by atoms with Crippen molar-refractivity contribution < 1.29 is 43.5 Å². The molecule has 0 spiro atoms. The molecule has 1 aliphatic carbocycles. The topological polar surface area (TPSA) is 192 Å². The highest BCUT2D eigenvalue weighted by atomic mass is 35.5. The second-order valence-electron chi connectivity index (χ2n) is 9.48. The first-order valence-electron chi connectivity index (χ1n) is 11.7. The smallest absolute Gasteiger partial charge is 0.359 e. The van der Waals surface area contributed by atoms with E-state index in [4.69, 9.17) is 21.1 Å². The van der Waals surface area contributed by atoms with Gasteiger partial charge in [0, 0.05) is 0 Å². The predicted molar refractivity (Wildman–Crippen MR) is 131 cm³/mol. The normalized spacial score (nSPS) is 27.0. The number of hydrogen-bond acceptors (Lipinski definition) is 10. The van der Waals surface area contributed by atoms with Crippen LogP contribution in [0.4, 0.5) is 10.2 Å². The maximum absolute atomic E-state index is 13.6. The summed E-state index contributed by atoms with van der Waals surface area (Å²) >= 11 is 6.20. The summed E-state index contributed by atoms with van der Waals surface area (Å²) in [6, 6.07) is 4.46. The van der Waals surface area contributed by atoms with E-state index in [9.17, 15) is 34.1 Å². The second kappa shape index (κ2) is 10.0. The molecule has 1 fully saturated rings. The fraction of sp³-hybridized carbons (Fsp3) is 0.500. The van der Waals surface area contributed by atoms with Gasteiger partial charge in [0.2, 0.25) is 5.28 Å². The number of halogens is 2. The van der Waals surface area contributed by atoms with Gasteiger partial charge in [0.15, 0.2) is 17.2 Å². The highest BCUT2D eigenvalue weighted by molar-refractivity contribution is 7.53. The lowest BCUT2D eigenvalue weighted by Gasteiger charge is -2.29. The molecule has 2 unspecified atom stereocenters. The molecule has 2 aromatic heterocycles. The van der Waals surface area contributed by atoms with Crippen LogP contribution in [0.3, 0.4) is 0 Å². The minimum absolute atomic E-state index is 0.118. The maximum Gasteiger partial charge on any atom is 0.359 e. The molecule has 3 aromatic rings. The first-order chi connectivity index (χ1) is 17.9. The van der Waals surface area contributed by atoms with Gasteiger partial charge >= 0.3 is 7.60 Å². The number of aryl methyl sites for hydroxylation is 1. The molecule has 6 N–H and O–H groups in total. The third kappa shape index (κ3) is 4.81. The van der Waals surface area contributed by atoms with Crippen molar-refractivity contribution in [3.8, 4) is 0 Å². The van der Waals surface area contributed by atoms with Crippen molar-refractivity contribution in [2.75, 3.05) is 18.5 Å². The molecule has 1 aromatic carbocycles. The number of aliphatic hydroxyl groups is 3. The van der Waals surface area contributed by atoms with Crippen molar-refractivity contribution in [1.29, 1.82) is 0 Å². The Bertz CT molecular complexity index is 1410. The predicted octanol–water partition coefficient (Wildman–Crippen LogP) is 1.24. The van der Waals surface area contributed by atoms with E-state index >= 15 is 0 Å². The molecular weight excluding hydrogens is 548 g/mol. The monoisotopic (exact) mass is 573 g/mol. The van der Waals surface area contributed by atoms with Gasteiger partial charge in [-0.3, -0.25) is 4.57 Å². The van der Waals surface area contributed by atoms with E-state index in [1.165, 1.54) is 23.0 Å². The van der Waals surface area contributed by atoms with Gasteiger partial charge in [-0.05, 0) is 54.6 Å². The molecule has 206 valence electrons. The molecule has 6 atom stereocenters. The summed E-state index contributed by atoms with van der Waals surface area (Å²) in [6.45, 7) is -0.501. The van der Waals surface area contributed by atoms with E-state index in [0.717, 1.165) is 18.1 Å². The van der Waals surface area contributed by atoms with Crippen LogP contribution >= 0.6 is 19.2 Å². The number of benzene rings is 1. The number of hydrogen-bond donors (Lipinski definition) is 6. The van der Waals surface area contributed by atoms with E-state index < -0.39 is 50.7 Å². The Kier molecular flexibility index (Phi) is 7.22. The summed E-state index contributed by atoms with van der Waals surface area (Å²) in [6.07, 6.45) is -2.65. The van der Waals surface area contributed by atoms with E-state index in [1.807, 2.05) is 0 Å². The van der Waals surface area contributed by atoms with Gasteiger partial charge in [0.1, 0.15) is 29.9 Å². The third-order valence-corrected chi connectivity index (χ3v) is 8.64. The number of aliphatic hydroxyl groups excluding tert-OH is 3. The lowest BCUT2D eigenvalue weighted by molar-refractivity contribution is -0.104. The average molecular weight is 574 g/mol. The molecule has 0 amide bonds. The summed E-state index contributed by atoms with van der Waals surface area (Å²) in [5, 5.41) is 36.3. The van der Waals surface area contributed by atoms with Crippen molar-refractivity contribution in [2.24, 2.45) is 0 Å². The molecule has 0 bridgehead atoms. The minimum atomic E-state index is -4.87. The van der Waals surface area contributed by atoms with Crippen LogP contribution in [0, 0.1) is 5.82 Å². The number of fused-ring (bicyclic) bond motifs is 2. The van der Waals surface area contributed by atoms with E-state index in [0.29, 0.717) is 24.0 Å². The van der Waals surface area contributed by atoms with Crippen molar-refractivity contribution >= 4 is 36.0 Å². The number of aromatic nitrogens is 4. The van der Waals surface area contributed by atoms with Gasteiger partial charge in [-0.25, -0.2) is 9.07 Å². The van der Waals surface area contributed by atoms with Crippen LogP contribution in [-0.2, 0) is 20.5 Å². The molecule has 38 heavy (non-hydrogen) atoms. The molecule has 16 heteroatoms. The minimum Gasteiger partial charge on any atom is -0.393 e. The number of anilines is 1. The summed E-state index contributed by atoms with van der Waals surface area (Å²) in [5.41, 5.74) is 2.03. The van der Waals surface area contributed by atoms with E-state index in [-0.39, 0.29) is 22.8 Å². The number of nitrogens with zero attached hydrogens (tertiary/aromatic N) is 4. The zero-order valence-electron chi connectivity index (χ0n) is 20.0. The van der Waals surface area contributed by atoms with Crippen LogP contribution in [0.15, 0.2) is 24.4 Å². The number of ether oxygens (including phenoxy) is 2. The summed E-state index contributed by atoms with van der Waals surface area (Å²) in [7, 11) is -4.87. The Balaban J connectivity index is 1.39. The molecule has 1 aliphatic heterocycles. The lowest BCUT2D eigenvalue weighted by atomic mass is 10.1. The van der Waals surface area contributed by atoms with Crippen LogP contribution in [0.5, 0.6) is 0 Å².